The van der Waals surface area contributed by atoms with Gasteiger partial charge in [-0.2, -0.15) is 0 Å². The summed E-state index contributed by atoms with van der Waals surface area (Å²) in [5.41, 5.74) is 0. The molecule has 1 heterocycles. The Kier molecular flexibility index (Phi) is 8.17. The predicted octanol–water partition coefficient (Wildman–Crippen LogP) is -2.33. The zero-order chi connectivity index (χ0) is 18.1. The minimum atomic E-state index is -0.423. The van der Waals surface area contributed by atoms with Gasteiger partial charge >= 0.3 is 0 Å². The van der Waals surface area contributed by atoms with Crippen molar-refractivity contribution in [3.05, 3.63) is 0 Å². The van der Waals surface area contributed by atoms with Crippen LogP contribution in [0.5, 0.6) is 0 Å². The average Bonchev–Trinajstić information content (AvgIpc) is 2.89. The van der Waals surface area contributed by atoms with Crippen molar-refractivity contribution in [2.45, 2.75) is 13.8 Å². The van der Waals surface area contributed by atoms with E-state index < -0.39 is 11.8 Å². The molecule has 0 aromatic heterocycles. The third kappa shape index (κ3) is 6.95. The van der Waals surface area contributed by atoms with Gasteiger partial charge < -0.3 is 26.2 Å². The van der Waals surface area contributed by atoms with E-state index in [1.807, 2.05) is 11.9 Å². The van der Waals surface area contributed by atoms with Crippen LogP contribution in [0.1, 0.15) is 13.8 Å². The minimum Gasteiger partial charge on any atom is -0.355 e. The monoisotopic (exact) mass is 341 g/mol. The third-order valence-corrected chi connectivity index (χ3v) is 3.77. The number of carbonyl (C=O) groups is 4. The molecule has 1 fully saturated rings. The van der Waals surface area contributed by atoms with Crippen molar-refractivity contribution >= 4 is 23.6 Å². The lowest BCUT2D eigenvalue weighted by molar-refractivity contribution is -0.132. The Morgan fingerprint density at radius 2 is 1.08 bits per heavy atom. The quantitative estimate of drug-likeness (QED) is 0.369. The van der Waals surface area contributed by atoms with Crippen LogP contribution in [0.25, 0.3) is 0 Å². The van der Waals surface area contributed by atoms with Crippen LogP contribution in [0.4, 0.5) is 0 Å². The van der Waals surface area contributed by atoms with Crippen LogP contribution in [0.3, 0.4) is 0 Å². The average molecular weight is 341 g/mol. The Labute approximate surface area is 141 Å². The summed E-state index contributed by atoms with van der Waals surface area (Å²) in [7, 11) is 1.86. The second kappa shape index (κ2) is 9.86. The maximum Gasteiger partial charge on any atom is 0.225 e. The Morgan fingerprint density at radius 3 is 1.42 bits per heavy atom. The van der Waals surface area contributed by atoms with Crippen LogP contribution in [0, 0.1) is 11.8 Å². The standard InChI is InChI=1S/C15H27N5O4/c1-10(21)16-4-6-18-14(23)12-8-20(3)9-13(12)15(24)19-7-5-17-11(2)22/h12-13H,4-9H2,1-3H3,(H,16,21)(H,17,22)(H,18,23)(H,19,24)/t12-,13+. The van der Waals surface area contributed by atoms with Crippen LogP contribution in [0.2, 0.25) is 0 Å². The summed E-state index contributed by atoms with van der Waals surface area (Å²) in [5.74, 6) is -1.53. The van der Waals surface area contributed by atoms with Gasteiger partial charge in [-0.05, 0) is 7.05 Å². The van der Waals surface area contributed by atoms with Gasteiger partial charge in [0.15, 0.2) is 0 Å². The first-order valence-electron chi connectivity index (χ1n) is 8.04. The van der Waals surface area contributed by atoms with Crippen LogP contribution in [0.15, 0.2) is 0 Å². The maximum atomic E-state index is 12.3. The molecule has 0 unspecified atom stereocenters. The third-order valence-electron chi connectivity index (χ3n) is 3.77. The first-order chi connectivity index (χ1) is 11.3. The molecule has 9 nitrogen and oxygen atoms in total. The topological polar surface area (TPSA) is 120 Å². The Morgan fingerprint density at radius 1 is 0.750 bits per heavy atom. The van der Waals surface area contributed by atoms with Crippen molar-refractivity contribution < 1.29 is 19.2 Å². The SMILES string of the molecule is CC(=O)NCCNC(=O)[C@H]1CN(C)C[C@H]1C(=O)NCCNC(C)=O. The van der Waals surface area contributed by atoms with Crippen molar-refractivity contribution in [3.63, 3.8) is 0 Å². The van der Waals surface area contributed by atoms with E-state index >= 15 is 0 Å². The normalized spacial score (nSPS) is 20.3. The number of rotatable bonds is 8. The zero-order valence-corrected chi connectivity index (χ0v) is 14.5. The van der Waals surface area contributed by atoms with Gasteiger partial charge in [0.05, 0.1) is 11.8 Å². The molecule has 0 spiro atoms. The van der Waals surface area contributed by atoms with Gasteiger partial charge in [-0.3, -0.25) is 19.2 Å². The van der Waals surface area contributed by atoms with E-state index in [9.17, 15) is 19.2 Å². The summed E-state index contributed by atoms with van der Waals surface area (Å²) in [6.45, 7) is 5.22. The molecule has 4 amide bonds. The summed E-state index contributed by atoms with van der Waals surface area (Å²) in [4.78, 5) is 48.1. The summed E-state index contributed by atoms with van der Waals surface area (Å²) >= 11 is 0. The lowest BCUT2D eigenvalue weighted by Crippen LogP contribution is -2.44. The van der Waals surface area contributed by atoms with Crippen molar-refractivity contribution in [1.29, 1.82) is 0 Å². The van der Waals surface area contributed by atoms with E-state index in [-0.39, 0.29) is 23.6 Å². The molecule has 9 heteroatoms. The Bertz CT molecular complexity index is 440. The second-order valence-electron chi connectivity index (χ2n) is 5.98. The number of amides is 4. The molecule has 1 aliphatic rings. The number of carbonyl (C=O) groups excluding carboxylic acids is 4. The summed E-state index contributed by atoms with van der Waals surface area (Å²) in [6.07, 6.45) is 0. The van der Waals surface area contributed by atoms with Crippen LogP contribution < -0.4 is 21.3 Å². The highest BCUT2D eigenvalue weighted by Crippen LogP contribution is 2.22. The maximum absolute atomic E-state index is 12.3. The van der Waals surface area contributed by atoms with E-state index in [4.69, 9.17) is 0 Å². The minimum absolute atomic E-state index is 0.152. The van der Waals surface area contributed by atoms with Crippen molar-refractivity contribution in [3.8, 4) is 0 Å². The number of nitrogens with zero attached hydrogens (tertiary/aromatic N) is 1. The van der Waals surface area contributed by atoms with E-state index in [1.165, 1.54) is 13.8 Å². The van der Waals surface area contributed by atoms with Gasteiger partial charge in [0, 0.05) is 53.1 Å². The molecule has 0 saturated carbocycles. The smallest absolute Gasteiger partial charge is 0.225 e. The number of nitrogens with one attached hydrogen (secondary N) is 4. The van der Waals surface area contributed by atoms with Gasteiger partial charge in [-0.1, -0.05) is 0 Å². The molecule has 0 radical (unpaired) electrons. The first kappa shape index (κ1) is 19.9. The van der Waals surface area contributed by atoms with Gasteiger partial charge in [-0.25, -0.2) is 0 Å². The van der Waals surface area contributed by atoms with Crippen molar-refractivity contribution in [1.82, 2.24) is 26.2 Å². The molecular weight excluding hydrogens is 314 g/mol. The van der Waals surface area contributed by atoms with Gasteiger partial charge in [-0.15, -0.1) is 0 Å². The molecule has 4 N–H and O–H groups in total. The number of hydrogen-bond donors (Lipinski definition) is 4. The summed E-state index contributed by atoms with van der Waals surface area (Å²) in [5, 5.41) is 10.7. The highest BCUT2D eigenvalue weighted by atomic mass is 16.2. The van der Waals surface area contributed by atoms with Crippen LogP contribution in [-0.2, 0) is 19.2 Å². The van der Waals surface area contributed by atoms with Crippen molar-refractivity contribution in [2.24, 2.45) is 11.8 Å². The first-order valence-corrected chi connectivity index (χ1v) is 8.04. The largest absolute Gasteiger partial charge is 0.355 e. The fourth-order valence-electron chi connectivity index (χ4n) is 2.64. The molecule has 1 rings (SSSR count). The summed E-state index contributed by atoms with van der Waals surface area (Å²) < 4.78 is 0. The molecule has 0 aromatic carbocycles. The van der Waals surface area contributed by atoms with Gasteiger partial charge in [0.2, 0.25) is 23.6 Å². The Balaban J connectivity index is 2.43. The van der Waals surface area contributed by atoms with E-state index in [0.717, 1.165) is 0 Å². The molecule has 2 atom stereocenters. The van der Waals surface area contributed by atoms with Gasteiger partial charge in [0.1, 0.15) is 0 Å². The van der Waals surface area contributed by atoms with Crippen LogP contribution in [-0.4, -0.2) is 74.8 Å². The molecule has 0 aromatic rings. The van der Waals surface area contributed by atoms with Gasteiger partial charge in [0.25, 0.3) is 0 Å². The number of likely N-dealkylation sites (tertiary alicyclic amines) is 1. The molecule has 1 saturated heterocycles. The zero-order valence-electron chi connectivity index (χ0n) is 14.5. The van der Waals surface area contributed by atoms with Crippen LogP contribution >= 0.6 is 0 Å². The summed E-state index contributed by atoms with van der Waals surface area (Å²) in [6, 6.07) is 0. The van der Waals surface area contributed by atoms with Crippen molar-refractivity contribution in [2.75, 3.05) is 46.3 Å². The highest BCUT2D eigenvalue weighted by Gasteiger charge is 2.40. The Hall–Kier alpha value is -2.16. The van der Waals surface area contributed by atoms with E-state index in [2.05, 4.69) is 21.3 Å². The lowest BCUT2D eigenvalue weighted by Gasteiger charge is -2.18. The fourth-order valence-corrected chi connectivity index (χ4v) is 2.64. The fraction of sp³-hybridized carbons (Fsp3) is 0.733. The molecule has 0 bridgehead atoms. The van der Waals surface area contributed by atoms with E-state index in [0.29, 0.717) is 39.3 Å². The lowest BCUT2D eigenvalue weighted by atomic mass is 9.94. The molecule has 0 aliphatic carbocycles. The molecule has 1 aliphatic heterocycles. The molecular formula is C15H27N5O4. The molecule has 136 valence electrons. The predicted molar refractivity (Wildman–Crippen MR) is 87.9 cm³/mol. The highest BCUT2D eigenvalue weighted by molar-refractivity contribution is 5.88. The van der Waals surface area contributed by atoms with E-state index in [1.54, 1.807) is 0 Å². The second-order valence-corrected chi connectivity index (χ2v) is 5.98. The number of hydrogen-bond acceptors (Lipinski definition) is 5. The molecule has 24 heavy (non-hydrogen) atoms.